The molecule has 1 aromatic heterocycles. The summed E-state index contributed by atoms with van der Waals surface area (Å²) in [6, 6.07) is 11.5. The van der Waals surface area contributed by atoms with Gasteiger partial charge in [0.15, 0.2) is 0 Å². The van der Waals surface area contributed by atoms with Crippen LogP contribution in [0.4, 0.5) is 14.5 Å². The number of anilines is 1. The second-order valence-corrected chi connectivity index (χ2v) is 7.00. The molecule has 0 saturated carbocycles. The Balaban J connectivity index is 1.46. The molecule has 150 valence electrons. The van der Waals surface area contributed by atoms with E-state index in [4.69, 9.17) is 4.52 Å². The monoisotopic (exact) mass is 398 g/mol. The van der Waals surface area contributed by atoms with E-state index in [1.165, 1.54) is 36.4 Å². The summed E-state index contributed by atoms with van der Waals surface area (Å²) in [5, 5.41) is 6.75. The smallest absolute Gasteiger partial charge is 0.244 e. The quantitative estimate of drug-likeness (QED) is 0.698. The minimum Gasteiger partial charge on any atom is -0.337 e. The van der Waals surface area contributed by atoms with E-state index in [0.29, 0.717) is 23.0 Å². The average molecular weight is 398 g/mol. The maximum Gasteiger partial charge on any atom is 0.244 e. The second-order valence-electron chi connectivity index (χ2n) is 7.00. The third-order valence-electron chi connectivity index (χ3n) is 4.90. The average Bonchev–Trinajstić information content (AvgIpc) is 3.20. The maximum atomic E-state index is 13.5. The van der Waals surface area contributed by atoms with E-state index < -0.39 is 0 Å². The number of rotatable bonds is 5. The van der Waals surface area contributed by atoms with Crippen LogP contribution >= 0.6 is 0 Å². The fourth-order valence-electron chi connectivity index (χ4n) is 3.49. The molecule has 3 aromatic rings. The third-order valence-corrected chi connectivity index (χ3v) is 4.90. The SMILES string of the molecule is O=C(CN1CCCC[C@H]1c1nc(-c2cccc(F)c2)no1)Nc1ccc(F)cc1. The van der Waals surface area contributed by atoms with Gasteiger partial charge in [0.25, 0.3) is 0 Å². The molecule has 2 aromatic carbocycles. The van der Waals surface area contributed by atoms with Gasteiger partial charge in [-0.2, -0.15) is 4.98 Å². The van der Waals surface area contributed by atoms with Crippen molar-refractivity contribution in [3.05, 3.63) is 66.1 Å². The van der Waals surface area contributed by atoms with Gasteiger partial charge in [-0.05, 0) is 55.8 Å². The van der Waals surface area contributed by atoms with Gasteiger partial charge in [-0.3, -0.25) is 9.69 Å². The van der Waals surface area contributed by atoms with Crippen molar-refractivity contribution in [2.45, 2.75) is 25.3 Å². The van der Waals surface area contributed by atoms with Crippen molar-refractivity contribution < 1.29 is 18.1 Å². The molecular formula is C21H20F2N4O2. The molecule has 1 saturated heterocycles. The van der Waals surface area contributed by atoms with E-state index in [-0.39, 0.29) is 30.1 Å². The van der Waals surface area contributed by atoms with Crippen LogP contribution in [0.5, 0.6) is 0 Å². The molecule has 1 aliphatic rings. The molecule has 29 heavy (non-hydrogen) atoms. The van der Waals surface area contributed by atoms with E-state index in [9.17, 15) is 13.6 Å². The summed E-state index contributed by atoms with van der Waals surface area (Å²) in [7, 11) is 0. The Morgan fingerprint density at radius 2 is 1.97 bits per heavy atom. The highest BCUT2D eigenvalue weighted by atomic mass is 19.1. The molecule has 0 radical (unpaired) electrons. The molecule has 8 heteroatoms. The predicted octanol–water partition coefficient (Wildman–Crippen LogP) is 4.18. The number of carbonyl (C=O) groups excluding carboxylic acids is 1. The normalized spacial score (nSPS) is 17.2. The third kappa shape index (κ3) is 4.65. The fourth-order valence-corrected chi connectivity index (χ4v) is 3.49. The molecule has 0 spiro atoms. The van der Waals surface area contributed by atoms with Crippen molar-refractivity contribution in [1.29, 1.82) is 0 Å². The van der Waals surface area contributed by atoms with Gasteiger partial charge in [0, 0.05) is 11.3 Å². The van der Waals surface area contributed by atoms with E-state index in [1.54, 1.807) is 12.1 Å². The molecule has 4 rings (SSSR count). The van der Waals surface area contributed by atoms with Gasteiger partial charge in [0.05, 0.1) is 12.6 Å². The summed E-state index contributed by atoms with van der Waals surface area (Å²) < 4.78 is 31.9. The van der Waals surface area contributed by atoms with Crippen molar-refractivity contribution in [1.82, 2.24) is 15.0 Å². The Bertz CT molecular complexity index is 990. The van der Waals surface area contributed by atoms with Crippen LogP contribution in [0.3, 0.4) is 0 Å². The van der Waals surface area contributed by atoms with Gasteiger partial charge in [0.2, 0.25) is 17.6 Å². The van der Waals surface area contributed by atoms with E-state index >= 15 is 0 Å². The van der Waals surface area contributed by atoms with Crippen molar-refractivity contribution in [2.75, 3.05) is 18.4 Å². The lowest BCUT2D eigenvalue weighted by molar-refractivity contribution is -0.118. The number of likely N-dealkylation sites (tertiary alicyclic amines) is 1. The Hall–Kier alpha value is -3.13. The number of benzene rings is 2. The summed E-state index contributed by atoms with van der Waals surface area (Å²) in [6.45, 7) is 0.874. The minimum absolute atomic E-state index is 0.153. The Kier molecular flexibility index (Phi) is 5.62. The predicted molar refractivity (Wildman–Crippen MR) is 103 cm³/mol. The van der Waals surface area contributed by atoms with Gasteiger partial charge < -0.3 is 9.84 Å². The van der Waals surface area contributed by atoms with Crippen LogP contribution in [0.25, 0.3) is 11.4 Å². The zero-order valence-electron chi connectivity index (χ0n) is 15.6. The molecule has 1 aliphatic heterocycles. The summed E-state index contributed by atoms with van der Waals surface area (Å²) in [6.07, 6.45) is 2.73. The number of hydrogen-bond acceptors (Lipinski definition) is 5. The van der Waals surface area contributed by atoms with E-state index in [2.05, 4.69) is 15.5 Å². The van der Waals surface area contributed by atoms with E-state index in [1.807, 2.05) is 4.90 Å². The van der Waals surface area contributed by atoms with E-state index in [0.717, 1.165) is 25.8 Å². The molecule has 1 atom stereocenters. The van der Waals surface area contributed by atoms with Crippen LogP contribution in [0, 0.1) is 11.6 Å². The van der Waals surface area contributed by atoms with Crippen LogP contribution in [0.1, 0.15) is 31.2 Å². The number of carbonyl (C=O) groups is 1. The van der Waals surface area contributed by atoms with Crippen molar-refractivity contribution in [2.24, 2.45) is 0 Å². The van der Waals surface area contributed by atoms with Crippen LogP contribution in [0.15, 0.2) is 53.1 Å². The number of nitrogens with one attached hydrogen (secondary N) is 1. The topological polar surface area (TPSA) is 71.3 Å². The maximum absolute atomic E-state index is 13.5. The zero-order chi connectivity index (χ0) is 20.2. The minimum atomic E-state index is -0.370. The van der Waals surface area contributed by atoms with Gasteiger partial charge in [-0.15, -0.1) is 0 Å². The fraction of sp³-hybridized carbons (Fsp3) is 0.286. The molecule has 0 aliphatic carbocycles. The molecular weight excluding hydrogens is 378 g/mol. The lowest BCUT2D eigenvalue weighted by atomic mass is 10.0. The molecule has 0 unspecified atom stereocenters. The highest BCUT2D eigenvalue weighted by molar-refractivity contribution is 5.92. The summed E-state index contributed by atoms with van der Waals surface area (Å²) >= 11 is 0. The van der Waals surface area contributed by atoms with Crippen LogP contribution in [0.2, 0.25) is 0 Å². The largest absolute Gasteiger partial charge is 0.337 e. The van der Waals surface area contributed by atoms with Crippen LogP contribution in [-0.4, -0.2) is 34.0 Å². The molecule has 6 nitrogen and oxygen atoms in total. The number of hydrogen-bond donors (Lipinski definition) is 1. The number of nitrogens with zero attached hydrogens (tertiary/aromatic N) is 3. The van der Waals surface area contributed by atoms with Gasteiger partial charge in [0.1, 0.15) is 11.6 Å². The first-order valence-corrected chi connectivity index (χ1v) is 9.47. The lowest BCUT2D eigenvalue weighted by Crippen LogP contribution is -2.39. The highest BCUT2D eigenvalue weighted by Gasteiger charge is 2.30. The summed E-state index contributed by atoms with van der Waals surface area (Å²) in [5.41, 5.74) is 1.08. The lowest BCUT2D eigenvalue weighted by Gasteiger charge is -2.32. The van der Waals surface area contributed by atoms with Gasteiger partial charge in [-0.25, -0.2) is 8.78 Å². The first kappa shape index (κ1) is 19.2. The molecule has 1 amide bonds. The van der Waals surface area contributed by atoms with Gasteiger partial charge in [-0.1, -0.05) is 23.7 Å². The molecule has 1 N–H and O–H groups in total. The summed E-state index contributed by atoms with van der Waals surface area (Å²) in [5.74, 6) is -0.192. The molecule has 2 heterocycles. The standard InChI is InChI=1S/C21H20F2N4O2/c22-15-7-9-17(10-8-15)24-19(28)13-27-11-2-1-6-18(27)21-25-20(26-29-21)14-4-3-5-16(23)12-14/h3-5,7-10,12,18H,1-2,6,11,13H2,(H,24,28)/t18-/m0/s1. The molecule has 0 bridgehead atoms. The second kappa shape index (κ2) is 8.48. The molecule has 1 fully saturated rings. The number of aromatic nitrogens is 2. The Labute approximate surface area is 166 Å². The Morgan fingerprint density at radius 3 is 2.76 bits per heavy atom. The van der Waals surface area contributed by atoms with Crippen molar-refractivity contribution >= 4 is 11.6 Å². The van der Waals surface area contributed by atoms with Gasteiger partial charge >= 0.3 is 0 Å². The Morgan fingerprint density at radius 1 is 1.14 bits per heavy atom. The number of piperidine rings is 1. The number of amides is 1. The zero-order valence-corrected chi connectivity index (χ0v) is 15.6. The van der Waals surface area contributed by atoms with Crippen LogP contribution < -0.4 is 5.32 Å². The first-order valence-electron chi connectivity index (χ1n) is 9.47. The highest BCUT2D eigenvalue weighted by Crippen LogP contribution is 2.31. The number of halogens is 2. The van der Waals surface area contributed by atoms with Crippen molar-refractivity contribution in [3.8, 4) is 11.4 Å². The first-order chi connectivity index (χ1) is 14.1. The van der Waals surface area contributed by atoms with Crippen molar-refractivity contribution in [3.63, 3.8) is 0 Å². The van der Waals surface area contributed by atoms with Crippen LogP contribution in [-0.2, 0) is 4.79 Å². The summed E-state index contributed by atoms with van der Waals surface area (Å²) in [4.78, 5) is 18.9.